The van der Waals surface area contributed by atoms with Crippen LogP contribution in [0.2, 0.25) is 0 Å². The van der Waals surface area contributed by atoms with E-state index >= 15 is 0 Å². The Hall–Kier alpha value is -1.44. The first-order chi connectivity index (χ1) is 12.4. The van der Waals surface area contributed by atoms with E-state index in [0.29, 0.717) is 24.8 Å². The van der Waals surface area contributed by atoms with E-state index in [1.807, 2.05) is 0 Å². The van der Waals surface area contributed by atoms with Crippen molar-refractivity contribution < 1.29 is 13.2 Å². The number of amides is 1. The van der Waals surface area contributed by atoms with Crippen molar-refractivity contribution in [1.82, 2.24) is 9.21 Å². The van der Waals surface area contributed by atoms with E-state index in [9.17, 15) is 13.2 Å². The lowest BCUT2D eigenvalue weighted by Crippen LogP contribution is -2.52. The lowest BCUT2D eigenvalue weighted by molar-refractivity contribution is -0.114. The maximum atomic E-state index is 12.9. The highest BCUT2D eigenvalue weighted by Crippen LogP contribution is 2.28. The Morgan fingerprint density at radius 2 is 1.73 bits per heavy atom. The molecule has 0 bridgehead atoms. The van der Waals surface area contributed by atoms with Gasteiger partial charge in [0.1, 0.15) is 0 Å². The van der Waals surface area contributed by atoms with E-state index < -0.39 is 10.0 Å². The van der Waals surface area contributed by atoms with Crippen molar-refractivity contribution in [3.8, 4) is 0 Å². The fourth-order valence-electron chi connectivity index (χ4n) is 4.11. The summed E-state index contributed by atoms with van der Waals surface area (Å²) >= 11 is 0. The average molecular weight is 380 g/mol. The minimum atomic E-state index is -3.48. The van der Waals surface area contributed by atoms with Gasteiger partial charge in [-0.05, 0) is 43.0 Å². The predicted octanol–water partition coefficient (Wildman–Crippen LogP) is 2.53. The Morgan fingerprint density at radius 3 is 2.31 bits per heavy atom. The van der Waals surface area contributed by atoms with Gasteiger partial charge in [-0.3, -0.25) is 9.69 Å². The zero-order valence-corrected chi connectivity index (χ0v) is 16.5. The summed E-state index contributed by atoms with van der Waals surface area (Å²) in [6, 6.07) is 7.01. The van der Waals surface area contributed by atoms with Crippen LogP contribution in [0.3, 0.4) is 0 Å². The Morgan fingerprint density at radius 1 is 1.08 bits per heavy atom. The van der Waals surface area contributed by atoms with Crippen LogP contribution in [-0.4, -0.2) is 55.8 Å². The van der Waals surface area contributed by atoms with Crippen LogP contribution in [0.25, 0.3) is 0 Å². The largest absolute Gasteiger partial charge is 0.326 e. The lowest BCUT2D eigenvalue weighted by Gasteiger charge is -2.41. The first kappa shape index (κ1) is 19.3. The topological polar surface area (TPSA) is 69.7 Å². The second-order valence-corrected chi connectivity index (χ2v) is 9.51. The quantitative estimate of drug-likeness (QED) is 0.873. The Kier molecular flexibility index (Phi) is 5.99. The monoisotopic (exact) mass is 379 g/mol. The summed E-state index contributed by atoms with van der Waals surface area (Å²) in [6.45, 7) is 6.44. The van der Waals surface area contributed by atoms with Crippen LogP contribution < -0.4 is 5.32 Å². The number of nitrogens with zero attached hydrogens (tertiary/aromatic N) is 2. The van der Waals surface area contributed by atoms with Gasteiger partial charge in [0.25, 0.3) is 0 Å². The second-order valence-electron chi connectivity index (χ2n) is 7.57. The van der Waals surface area contributed by atoms with E-state index in [-0.39, 0.29) is 10.8 Å². The summed E-state index contributed by atoms with van der Waals surface area (Å²) in [4.78, 5) is 13.8. The molecule has 1 N–H and O–H groups in total. The van der Waals surface area contributed by atoms with Gasteiger partial charge in [0.2, 0.25) is 15.9 Å². The lowest BCUT2D eigenvalue weighted by atomic mass is 9.86. The summed E-state index contributed by atoms with van der Waals surface area (Å²) in [7, 11) is -3.48. The molecule has 1 aromatic rings. The van der Waals surface area contributed by atoms with Gasteiger partial charge >= 0.3 is 0 Å². The maximum Gasteiger partial charge on any atom is 0.243 e. The summed E-state index contributed by atoms with van der Waals surface area (Å²) < 4.78 is 27.3. The number of hydrogen-bond donors (Lipinski definition) is 1. The summed E-state index contributed by atoms with van der Waals surface area (Å²) in [5, 5.41) is 2.65. The van der Waals surface area contributed by atoms with Gasteiger partial charge < -0.3 is 5.32 Å². The molecule has 2 aliphatic rings. The summed E-state index contributed by atoms with van der Waals surface area (Å²) in [5.74, 6) is 0.603. The normalized spacial score (nSPS) is 25.8. The van der Waals surface area contributed by atoms with E-state index in [4.69, 9.17) is 0 Å². The molecule has 1 aromatic carbocycles. The van der Waals surface area contributed by atoms with E-state index in [2.05, 4.69) is 17.1 Å². The van der Waals surface area contributed by atoms with Crippen LogP contribution in [0.15, 0.2) is 29.2 Å². The smallest absolute Gasteiger partial charge is 0.243 e. The van der Waals surface area contributed by atoms with Gasteiger partial charge in [0.05, 0.1) is 4.90 Å². The highest BCUT2D eigenvalue weighted by atomic mass is 32.2. The van der Waals surface area contributed by atoms with Gasteiger partial charge in [-0.15, -0.1) is 0 Å². The van der Waals surface area contributed by atoms with Gasteiger partial charge in [0, 0.05) is 44.8 Å². The van der Waals surface area contributed by atoms with Crippen LogP contribution in [-0.2, 0) is 14.8 Å². The van der Waals surface area contributed by atoms with Crippen molar-refractivity contribution in [3.63, 3.8) is 0 Å². The van der Waals surface area contributed by atoms with E-state index in [1.165, 1.54) is 32.6 Å². The molecule has 3 rings (SSSR count). The Bertz CT molecular complexity index is 725. The maximum absolute atomic E-state index is 12.9. The molecule has 1 aliphatic carbocycles. The molecular formula is C19H29N3O3S. The fraction of sp³-hybridized carbons (Fsp3) is 0.632. The number of piperazine rings is 1. The highest BCUT2D eigenvalue weighted by Gasteiger charge is 2.32. The highest BCUT2D eigenvalue weighted by molar-refractivity contribution is 7.89. The average Bonchev–Trinajstić information content (AvgIpc) is 2.62. The first-order valence-corrected chi connectivity index (χ1v) is 10.9. The van der Waals surface area contributed by atoms with Gasteiger partial charge in [0.15, 0.2) is 0 Å². The number of rotatable bonds is 4. The van der Waals surface area contributed by atoms with Crippen molar-refractivity contribution in [1.29, 1.82) is 0 Å². The standard InChI is InChI=1S/C19H29N3O3S/c1-15-4-3-5-18(14-15)21-10-12-22(13-11-21)26(24,25)19-8-6-17(7-9-19)20-16(2)23/h6-9,15,18H,3-5,10-14H2,1-2H3,(H,20,23)/t15-,18+/m0/s1. The van der Waals surface area contributed by atoms with E-state index in [0.717, 1.165) is 19.0 Å². The minimum Gasteiger partial charge on any atom is -0.326 e. The number of anilines is 1. The van der Waals surface area contributed by atoms with Crippen LogP contribution in [0.4, 0.5) is 5.69 Å². The van der Waals surface area contributed by atoms with Gasteiger partial charge in [-0.1, -0.05) is 19.8 Å². The van der Waals surface area contributed by atoms with Crippen LogP contribution in [0, 0.1) is 5.92 Å². The molecule has 0 spiro atoms. The predicted molar refractivity (Wildman–Crippen MR) is 102 cm³/mol. The van der Waals surface area contributed by atoms with Crippen LogP contribution >= 0.6 is 0 Å². The number of carbonyl (C=O) groups is 1. The third-order valence-corrected chi connectivity index (χ3v) is 7.42. The molecule has 2 atom stereocenters. The van der Waals surface area contributed by atoms with Crippen molar-refractivity contribution in [2.75, 3.05) is 31.5 Å². The third-order valence-electron chi connectivity index (χ3n) is 5.51. The molecule has 2 fully saturated rings. The van der Waals surface area contributed by atoms with E-state index in [1.54, 1.807) is 28.6 Å². The molecule has 1 saturated carbocycles. The molecule has 1 amide bonds. The Labute approximate surface area is 156 Å². The Balaban J connectivity index is 1.61. The van der Waals surface area contributed by atoms with Crippen molar-refractivity contribution in [3.05, 3.63) is 24.3 Å². The molecule has 0 radical (unpaired) electrons. The number of carbonyl (C=O) groups excluding carboxylic acids is 1. The van der Waals surface area contributed by atoms with Crippen LogP contribution in [0.5, 0.6) is 0 Å². The summed E-state index contributed by atoms with van der Waals surface area (Å²) in [6.07, 6.45) is 5.07. The van der Waals surface area contributed by atoms with Crippen molar-refractivity contribution in [2.45, 2.75) is 50.5 Å². The number of sulfonamides is 1. The SMILES string of the molecule is CC(=O)Nc1ccc(S(=O)(=O)N2CCN([C@@H]3CCC[C@H](C)C3)CC2)cc1. The molecule has 6 nitrogen and oxygen atoms in total. The minimum absolute atomic E-state index is 0.172. The molecule has 1 saturated heterocycles. The van der Waals surface area contributed by atoms with Gasteiger partial charge in [-0.25, -0.2) is 8.42 Å². The fourth-order valence-corrected chi connectivity index (χ4v) is 5.53. The number of nitrogens with one attached hydrogen (secondary N) is 1. The molecule has 26 heavy (non-hydrogen) atoms. The van der Waals surface area contributed by atoms with Crippen LogP contribution in [0.1, 0.15) is 39.5 Å². The summed E-state index contributed by atoms with van der Waals surface area (Å²) in [5.41, 5.74) is 0.604. The molecule has 0 unspecified atom stereocenters. The zero-order chi connectivity index (χ0) is 18.7. The first-order valence-electron chi connectivity index (χ1n) is 9.48. The van der Waals surface area contributed by atoms with Crippen molar-refractivity contribution in [2.24, 2.45) is 5.92 Å². The molecular weight excluding hydrogens is 350 g/mol. The second kappa shape index (κ2) is 8.06. The molecule has 7 heteroatoms. The molecule has 0 aromatic heterocycles. The van der Waals surface area contributed by atoms with Crippen molar-refractivity contribution >= 4 is 21.6 Å². The molecule has 1 heterocycles. The third kappa shape index (κ3) is 4.45. The van der Waals surface area contributed by atoms with Gasteiger partial charge in [-0.2, -0.15) is 4.31 Å². The molecule has 1 aliphatic heterocycles. The molecule has 144 valence electrons. The number of hydrogen-bond acceptors (Lipinski definition) is 4. The number of benzene rings is 1. The zero-order valence-electron chi connectivity index (χ0n) is 15.6.